The third-order valence-electron chi connectivity index (χ3n) is 4.50. The highest BCUT2D eigenvalue weighted by Gasteiger charge is 2.45. The second kappa shape index (κ2) is 9.62. The zero-order valence-corrected chi connectivity index (χ0v) is 18.1. The van der Waals surface area contributed by atoms with Gasteiger partial charge >= 0.3 is 15.5 Å². The van der Waals surface area contributed by atoms with Crippen molar-refractivity contribution in [2.75, 3.05) is 4.72 Å². The molecular weight excluding hydrogens is 465 g/mol. The van der Waals surface area contributed by atoms with Gasteiger partial charge in [-0.15, -0.1) is 0 Å². The number of benzene rings is 3. The van der Waals surface area contributed by atoms with Gasteiger partial charge in [0, 0.05) is 17.3 Å². The normalized spacial score (nSPS) is 11.8. The molecule has 5 nitrogen and oxygen atoms in total. The van der Waals surface area contributed by atoms with Crippen molar-refractivity contribution in [3.8, 4) is 11.1 Å². The Hall–Kier alpha value is -3.04. The van der Waals surface area contributed by atoms with Crippen molar-refractivity contribution < 1.29 is 26.4 Å². The van der Waals surface area contributed by atoms with Crippen molar-refractivity contribution in [2.45, 2.75) is 18.5 Å². The van der Waals surface area contributed by atoms with Gasteiger partial charge in [0.15, 0.2) is 0 Å². The fraction of sp³-hybridized carbons (Fsp3) is 0.136. The quantitative estimate of drug-likeness (QED) is 0.490. The van der Waals surface area contributed by atoms with E-state index in [4.69, 9.17) is 11.6 Å². The molecule has 168 valence electrons. The van der Waals surface area contributed by atoms with Crippen molar-refractivity contribution in [3.63, 3.8) is 0 Å². The van der Waals surface area contributed by atoms with Crippen LogP contribution in [0.5, 0.6) is 0 Å². The topological polar surface area (TPSA) is 75.3 Å². The first kappa shape index (κ1) is 23.6. The van der Waals surface area contributed by atoms with Crippen LogP contribution in [-0.2, 0) is 27.8 Å². The maximum Gasteiger partial charge on any atom is 0.516 e. The number of amides is 1. The highest BCUT2D eigenvalue weighted by atomic mass is 35.5. The third kappa shape index (κ3) is 6.24. The van der Waals surface area contributed by atoms with E-state index < -0.39 is 15.5 Å². The smallest absolute Gasteiger partial charge is 0.352 e. The third-order valence-corrected chi connectivity index (χ3v) is 5.86. The lowest BCUT2D eigenvalue weighted by atomic mass is 10.0. The zero-order chi connectivity index (χ0) is 23.4. The van der Waals surface area contributed by atoms with Gasteiger partial charge in [0.05, 0.1) is 6.42 Å². The molecule has 0 aliphatic carbocycles. The van der Waals surface area contributed by atoms with Gasteiger partial charge < -0.3 is 5.32 Å². The van der Waals surface area contributed by atoms with Gasteiger partial charge in [-0.25, -0.2) is 0 Å². The first-order chi connectivity index (χ1) is 15.0. The maximum absolute atomic E-state index is 12.4. The Morgan fingerprint density at radius 3 is 1.84 bits per heavy atom. The van der Waals surface area contributed by atoms with Crippen LogP contribution >= 0.6 is 11.6 Å². The summed E-state index contributed by atoms with van der Waals surface area (Å²) in [6.45, 7) is 0.147. The number of anilines is 1. The number of carbonyl (C=O) groups is 1. The Bertz CT molecular complexity index is 1180. The predicted molar refractivity (Wildman–Crippen MR) is 117 cm³/mol. The van der Waals surface area contributed by atoms with Gasteiger partial charge in [0.25, 0.3) is 0 Å². The van der Waals surface area contributed by atoms with Crippen LogP contribution in [0, 0.1) is 0 Å². The number of rotatable bonds is 7. The molecule has 3 aromatic carbocycles. The molecule has 0 bridgehead atoms. The standard InChI is InChI=1S/C22H18ClF3N2O3S/c23-19-9-7-18(8-10-19)17-5-1-15(2-6-17)13-21(29)27-14-16-3-11-20(12-4-16)28-32(30,31)22(24,25)26/h1-12,28H,13-14H2,(H,27,29). The molecule has 0 spiro atoms. The van der Waals surface area contributed by atoms with Gasteiger partial charge in [0.1, 0.15) is 0 Å². The van der Waals surface area contributed by atoms with Crippen molar-refractivity contribution in [1.29, 1.82) is 0 Å². The molecule has 10 heteroatoms. The first-order valence-corrected chi connectivity index (χ1v) is 11.2. The number of sulfonamides is 1. The van der Waals surface area contributed by atoms with Crippen LogP contribution in [0.3, 0.4) is 0 Å². The average molecular weight is 483 g/mol. The average Bonchev–Trinajstić information content (AvgIpc) is 2.73. The SMILES string of the molecule is O=C(Cc1ccc(-c2ccc(Cl)cc2)cc1)NCc1ccc(NS(=O)(=O)C(F)(F)F)cc1. The van der Waals surface area contributed by atoms with E-state index in [1.54, 1.807) is 12.1 Å². The number of hydrogen-bond donors (Lipinski definition) is 2. The summed E-state index contributed by atoms with van der Waals surface area (Å²) in [7, 11) is -5.47. The van der Waals surface area contributed by atoms with E-state index in [2.05, 4.69) is 5.32 Å². The molecule has 3 rings (SSSR count). The molecule has 1 amide bonds. The first-order valence-electron chi connectivity index (χ1n) is 9.33. The van der Waals surface area contributed by atoms with Crippen LogP contribution in [-0.4, -0.2) is 19.8 Å². The Kier molecular flexibility index (Phi) is 7.10. The monoisotopic (exact) mass is 482 g/mol. The molecule has 0 atom stereocenters. The van der Waals surface area contributed by atoms with E-state index in [9.17, 15) is 26.4 Å². The predicted octanol–water partition coefficient (Wildman–Crippen LogP) is 5.13. The maximum atomic E-state index is 12.4. The van der Waals surface area contributed by atoms with E-state index in [-0.39, 0.29) is 24.6 Å². The summed E-state index contributed by atoms with van der Waals surface area (Å²) in [4.78, 5) is 12.2. The van der Waals surface area contributed by atoms with Crippen LogP contribution in [0.15, 0.2) is 72.8 Å². The van der Waals surface area contributed by atoms with Crippen LogP contribution < -0.4 is 10.0 Å². The van der Waals surface area contributed by atoms with E-state index in [0.717, 1.165) is 16.7 Å². The van der Waals surface area contributed by atoms with Crippen LogP contribution in [0.2, 0.25) is 5.02 Å². The lowest BCUT2D eigenvalue weighted by Crippen LogP contribution is -2.29. The van der Waals surface area contributed by atoms with E-state index >= 15 is 0 Å². The Labute approximate surface area is 188 Å². The molecule has 0 fully saturated rings. The number of halogens is 4. The number of nitrogens with one attached hydrogen (secondary N) is 2. The summed E-state index contributed by atoms with van der Waals surface area (Å²) in [5, 5.41) is 3.37. The number of hydrogen-bond acceptors (Lipinski definition) is 3. The molecule has 0 aliphatic rings. The summed E-state index contributed by atoms with van der Waals surface area (Å²) in [6.07, 6.45) is 0.157. The van der Waals surface area contributed by atoms with E-state index in [1.807, 2.05) is 36.4 Å². The van der Waals surface area contributed by atoms with Gasteiger partial charge in [-0.05, 0) is 46.5 Å². The van der Waals surface area contributed by atoms with Crippen LogP contribution in [0.4, 0.5) is 18.9 Å². The Balaban J connectivity index is 1.52. The summed E-state index contributed by atoms with van der Waals surface area (Å²) in [5.74, 6) is -0.230. The van der Waals surface area contributed by atoms with Crippen LogP contribution in [0.1, 0.15) is 11.1 Å². The molecule has 2 N–H and O–H groups in total. The summed E-state index contributed by atoms with van der Waals surface area (Å²) in [6, 6.07) is 20.2. The molecule has 0 aromatic heterocycles. The minimum atomic E-state index is -5.47. The minimum absolute atomic E-state index is 0.147. The van der Waals surface area contributed by atoms with Crippen molar-refractivity contribution in [3.05, 3.63) is 88.9 Å². The minimum Gasteiger partial charge on any atom is -0.352 e. The van der Waals surface area contributed by atoms with E-state index in [0.29, 0.717) is 10.6 Å². The second-order valence-electron chi connectivity index (χ2n) is 6.91. The highest BCUT2D eigenvalue weighted by molar-refractivity contribution is 7.93. The van der Waals surface area contributed by atoms with Gasteiger partial charge in [-0.3, -0.25) is 9.52 Å². The molecule has 3 aromatic rings. The second-order valence-corrected chi connectivity index (χ2v) is 9.02. The largest absolute Gasteiger partial charge is 0.516 e. The highest BCUT2D eigenvalue weighted by Crippen LogP contribution is 2.25. The molecule has 0 heterocycles. The lowest BCUT2D eigenvalue weighted by Gasteiger charge is -2.11. The van der Waals surface area contributed by atoms with Crippen molar-refractivity contribution >= 4 is 33.2 Å². The Morgan fingerprint density at radius 2 is 1.31 bits per heavy atom. The van der Waals surface area contributed by atoms with Crippen molar-refractivity contribution in [1.82, 2.24) is 5.32 Å². The molecular formula is C22H18ClF3N2O3S. The molecule has 0 aliphatic heterocycles. The molecule has 0 unspecified atom stereocenters. The van der Waals surface area contributed by atoms with Gasteiger partial charge in [-0.2, -0.15) is 21.6 Å². The zero-order valence-electron chi connectivity index (χ0n) is 16.5. The molecule has 0 saturated heterocycles. The number of carbonyl (C=O) groups excluding carboxylic acids is 1. The Morgan fingerprint density at radius 1 is 0.812 bits per heavy atom. The fourth-order valence-corrected chi connectivity index (χ4v) is 3.50. The van der Waals surface area contributed by atoms with Crippen LogP contribution in [0.25, 0.3) is 11.1 Å². The summed E-state index contributed by atoms with van der Waals surface area (Å²) < 4.78 is 60.9. The van der Waals surface area contributed by atoms with E-state index in [1.165, 1.54) is 29.0 Å². The molecule has 0 saturated carbocycles. The van der Waals surface area contributed by atoms with Gasteiger partial charge in [0.2, 0.25) is 5.91 Å². The number of alkyl halides is 3. The molecule has 32 heavy (non-hydrogen) atoms. The summed E-state index contributed by atoms with van der Waals surface area (Å²) in [5.41, 5.74) is -2.20. The van der Waals surface area contributed by atoms with Crippen molar-refractivity contribution in [2.24, 2.45) is 0 Å². The van der Waals surface area contributed by atoms with Gasteiger partial charge in [-0.1, -0.05) is 60.1 Å². The fourth-order valence-electron chi connectivity index (χ4n) is 2.81. The molecule has 0 radical (unpaired) electrons. The lowest BCUT2D eigenvalue weighted by molar-refractivity contribution is -0.120. The summed E-state index contributed by atoms with van der Waals surface area (Å²) >= 11 is 5.89.